The Balaban J connectivity index is 2.09. The van der Waals surface area contributed by atoms with Gasteiger partial charge in [0.25, 0.3) is 11.6 Å². The molecule has 1 aliphatic heterocycles. The predicted octanol–water partition coefficient (Wildman–Crippen LogP) is 1.43. The Hall–Kier alpha value is -1.96. The van der Waals surface area contributed by atoms with Gasteiger partial charge < -0.3 is 4.90 Å². The lowest BCUT2D eigenvalue weighted by Gasteiger charge is -2.30. The van der Waals surface area contributed by atoms with Gasteiger partial charge >= 0.3 is 0 Å². The van der Waals surface area contributed by atoms with E-state index in [-0.39, 0.29) is 5.69 Å². The Labute approximate surface area is 116 Å². The Bertz CT molecular complexity index is 633. The van der Waals surface area contributed by atoms with Crippen molar-refractivity contribution in [3.63, 3.8) is 0 Å². The molecule has 0 saturated carbocycles. The maximum Gasteiger partial charge on any atom is 0.269 e. The lowest BCUT2D eigenvalue weighted by molar-refractivity contribution is -0.384. The van der Waals surface area contributed by atoms with E-state index in [2.05, 4.69) is 4.36 Å². The number of non-ortho nitro benzene ring substituents is 1. The molecule has 1 aromatic carbocycles. The molecule has 108 valence electrons. The number of carbonyl (C=O) groups is 1. The van der Waals surface area contributed by atoms with Gasteiger partial charge in [-0.3, -0.25) is 14.9 Å². The number of carbonyl (C=O) groups excluding carboxylic acids is 1. The highest BCUT2D eigenvalue weighted by Gasteiger charge is 2.21. The summed E-state index contributed by atoms with van der Waals surface area (Å²) >= 11 is 0. The third-order valence-corrected chi connectivity index (χ3v) is 5.31. The van der Waals surface area contributed by atoms with E-state index in [0.717, 1.165) is 5.69 Å². The first-order valence-corrected chi connectivity index (χ1v) is 7.97. The maximum atomic E-state index is 12.2. The van der Waals surface area contributed by atoms with Crippen molar-refractivity contribution in [1.29, 1.82) is 0 Å². The third-order valence-electron chi connectivity index (χ3n) is 3.08. The summed E-state index contributed by atoms with van der Waals surface area (Å²) in [6, 6.07) is 6.24. The second kappa shape index (κ2) is 5.58. The Morgan fingerprint density at radius 3 is 2.30 bits per heavy atom. The number of nitro benzene ring substituents is 1. The minimum Gasteiger partial charge on any atom is -0.370 e. The van der Waals surface area contributed by atoms with Gasteiger partial charge in [-0.05, 0) is 12.1 Å². The average molecular weight is 297 g/mol. The molecule has 0 spiro atoms. The standard InChI is InChI=1S/C12H15N3O4S/c1-10(16)13-20(19)8-6-14(7-9-20)11-2-4-12(5-3-11)15(17)18/h2-5H,6-9H2,1H3. The minimum atomic E-state index is -2.43. The van der Waals surface area contributed by atoms with Gasteiger partial charge in [0.05, 0.1) is 14.7 Å². The monoisotopic (exact) mass is 297 g/mol. The van der Waals surface area contributed by atoms with Gasteiger partial charge in [-0.1, -0.05) is 0 Å². The molecular formula is C12H15N3O4S. The van der Waals surface area contributed by atoms with Crippen LogP contribution >= 0.6 is 0 Å². The summed E-state index contributed by atoms with van der Waals surface area (Å²) in [6.45, 7) is 2.34. The molecule has 0 aliphatic carbocycles. The van der Waals surface area contributed by atoms with E-state index in [0.29, 0.717) is 24.6 Å². The molecule has 0 N–H and O–H groups in total. The lowest BCUT2D eigenvalue weighted by atomic mass is 10.2. The van der Waals surface area contributed by atoms with Gasteiger partial charge in [0.15, 0.2) is 0 Å². The summed E-state index contributed by atoms with van der Waals surface area (Å²) in [5.41, 5.74) is 0.890. The molecule has 0 aromatic heterocycles. The fourth-order valence-corrected chi connectivity index (χ4v) is 3.96. The zero-order chi connectivity index (χ0) is 14.8. The highest BCUT2D eigenvalue weighted by molar-refractivity contribution is 7.94. The SMILES string of the molecule is CC(=O)N=S1(=O)CCN(c2ccc([N+](=O)[O-])cc2)CC1. The number of rotatable bonds is 2. The summed E-state index contributed by atoms with van der Waals surface area (Å²) in [4.78, 5) is 23.1. The quantitative estimate of drug-likeness (QED) is 0.608. The molecule has 1 amide bonds. The Morgan fingerprint density at radius 2 is 1.85 bits per heavy atom. The molecule has 8 heteroatoms. The van der Waals surface area contributed by atoms with Crippen LogP contribution in [-0.2, 0) is 14.5 Å². The second-order valence-corrected chi connectivity index (χ2v) is 7.10. The minimum absolute atomic E-state index is 0.0427. The van der Waals surface area contributed by atoms with Crippen molar-refractivity contribution in [2.24, 2.45) is 4.36 Å². The molecular weight excluding hydrogens is 282 g/mol. The summed E-state index contributed by atoms with van der Waals surface area (Å²) in [7, 11) is -2.43. The van der Waals surface area contributed by atoms with Gasteiger partial charge in [-0.25, -0.2) is 4.21 Å². The van der Waals surface area contributed by atoms with Crippen LogP contribution < -0.4 is 4.90 Å². The molecule has 1 saturated heterocycles. The summed E-state index contributed by atoms with van der Waals surface area (Å²) in [5.74, 6) is 0.270. The normalized spacial score (nSPS) is 17.6. The van der Waals surface area contributed by atoms with Crippen LogP contribution in [0.3, 0.4) is 0 Å². The van der Waals surface area contributed by atoms with Crippen molar-refractivity contribution in [2.75, 3.05) is 29.5 Å². The van der Waals surface area contributed by atoms with Crippen LogP contribution in [0, 0.1) is 10.1 Å². The van der Waals surface area contributed by atoms with Crippen molar-refractivity contribution in [2.45, 2.75) is 6.92 Å². The molecule has 1 heterocycles. The number of anilines is 1. The van der Waals surface area contributed by atoms with Gasteiger partial charge in [-0.15, -0.1) is 0 Å². The van der Waals surface area contributed by atoms with Gasteiger partial charge in [0.2, 0.25) is 0 Å². The second-order valence-electron chi connectivity index (χ2n) is 4.55. The molecule has 1 fully saturated rings. The highest BCUT2D eigenvalue weighted by atomic mass is 32.2. The van der Waals surface area contributed by atoms with Gasteiger partial charge in [0, 0.05) is 49.3 Å². The fourth-order valence-electron chi connectivity index (χ4n) is 2.09. The Kier molecular flexibility index (Phi) is 4.03. The number of hydrogen-bond donors (Lipinski definition) is 0. The van der Waals surface area contributed by atoms with Crippen LogP contribution in [0.2, 0.25) is 0 Å². The van der Waals surface area contributed by atoms with Crippen LogP contribution in [0.25, 0.3) is 0 Å². The van der Waals surface area contributed by atoms with E-state index < -0.39 is 20.6 Å². The van der Waals surface area contributed by atoms with Crippen molar-refractivity contribution in [3.05, 3.63) is 34.4 Å². The van der Waals surface area contributed by atoms with E-state index in [9.17, 15) is 19.1 Å². The third kappa shape index (κ3) is 3.32. The first kappa shape index (κ1) is 14.4. The predicted molar refractivity (Wildman–Crippen MR) is 76.3 cm³/mol. The summed E-state index contributed by atoms with van der Waals surface area (Å²) < 4.78 is 15.9. The molecule has 7 nitrogen and oxygen atoms in total. The Morgan fingerprint density at radius 1 is 1.30 bits per heavy atom. The molecule has 2 rings (SSSR count). The summed E-state index contributed by atoms with van der Waals surface area (Å²) in [6.07, 6.45) is 0. The lowest BCUT2D eigenvalue weighted by Crippen LogP contribution is -2.40. The number of nitro groups is 1. The number of nitrogens with zero attached hydrogens (tertiary/aromatic N) is 3. The van der Waals surface area contributed by atoms with E-state index in [1.807, 2.05) is 4.90 Å². The maximum absolute atomic E-state index is 12.2. The van der Waals surface area contributed by atoms with Crippen LogP contribution in [0.15, 0.2) is 28.6 Å². The number of benzene rings is 1. The largest absolute Gasteiger partial charge is 0.370 e. The molecule has 1 aromatic rings. The van der Waals surface area contributed by atoms with E-state index in [1.54, 1.807) is 12.1 Å². The molecule has 20 heavy (non-hydrogen) atoms. The zero-order valence-corrected chi connectivity index (χ0v) is 11.8. The molecule has 0 bridgehead atoms. The molecule has 0 radical (unpaired) electrons. The van der Waals surface area contributed by atoms with E-state index in [4.69, 9.17) is 0 Å². The van der Waals surface area contributed by atoms with E-state index >= 15 is 0 Å². The molecule has 1 aliphatic rings. The van der Waals surface area contributed by atoms with Crippen LogP contribution in [0.1, 0.15) is 6.92 Å². The van der Waals surface area contributed by atoms with Crippen molar-refractivity contribution < 1.29 is 13.9 Å². The summed E-state index contributed by atoms with van der Waals surface area (Å²) in [5, 5.41) is 10.6. The molecule has 0 unspecified atom stereocenters. The topological polar surface area (TPSA) is 92.9 Å². The first-order valence-electron chi connectivity index (χ1n) is 6.12. The molecule has 0 atom stereocenters. The average Bonchev–Trinajstić information content (AvgIpc) is 2.38. The van der Waals surface area contributed by atoms with Crippen molar-refractivity contribution in [1.82, 2.24) is 0 Å². The number of amides is 1. The van der Waals surface area contributed by atoms with E-state index in [1.165, 1.54) is 19.1 Å². The van der Waals surface area contributed by atoms with Crippen molar-refractivity contribution >= 4 is 27.0 Å². The zero-order valence-electron chi connectivity index (χ0n) is 11.0. The number of hydrogen-bond acceptors (Lipinski definition) is 5. The smallest absolute Gasteiger partial charge is 0.269 e. The fraction of sp³-hybridized carbons (Fsp3) is 0.417. The first-order chi connectivity index (χ1) is 9.39. The van der Waals surface area contributed by atoms with Crippen LogP contribution in [0.4, 0.5) is 11.4 Å². The van der Waals surface area contributed by atoms with Crippen LogP contribution in [-0.4, -0.2) is 39.6 Å². The van der Waals surface area contributed by atoms with Crippen LogP contribution in [0.5, 0.6) is 0 Å². The highest BCUT2D eigenvalue weighted by Crippen LogP contribution is 2.21. The van der Waals surface area contributed by atoms with Gasteiger partial charge in [-0.2, -0.15) is 4.36 Å². The van der Waals surface area contributed by atoms with Crippen molar-refractivity contribution in [3.8, 4) is 0 Å². The van der Waals surface area contributed by atoms with Gasteiger partial charge in [0.1, 0.15) is 0 Å².